The highest BCUT2D eigenvalue weighted by Crippen LogP contribution is 2.25. The summed E-state index contributed by atoms with van der Waals surface area (Å²) in [5.41, 5.74) is 8.06. The van der Waals surface area contributed by atoms with Crippen LogP contribution in [0, 0.1) is 5.92 Å². The van der Waals surface area contributed by atoms with Crippen LogP contribution in [0.15, 0.2) is 84.0 Å². The minimum absolute atomic E-state index is 0.827. The highest BCUT2D eigenvalue weighted by atomic mass is 15.1. The van der Waals surface area contributed by atoms with Crippen molar-refractivity contribution in [3.63, 3.8) is 0 Å². The molecule has 1 saturated heterocycles. The normalized spacial score (nSPS) is 17.9. The zero-order valence-corrected chi connectivity index (χ0v) is 22.2. The van der Waals surface area contributed by atoms with Crippen molar-refractivity contribution >= 4 is 5.71 Å². The van der Waals surface area contributed by atoms with Gasteiger partial charge in [0.1, 0.15) is 0 Å². The lowest BCUT2D eigenvalue weighted by molar-refractivity contribution is 0.171. The molecule has 5 rings (SSSR count). The molecule has 37 heavy (non-hydrogen) atoms. The van der Waals surface area contributed by atoms with Crippen molar-refractivity contribution in [1.29, 1.82) is 0 Å². The summed E-state index contributed by atoms with van der Waals surface area (Å²) in [4.78, 5) is 5.19. The largest absolute Gasteiger partial charge is 0.323 e. The molecular weight excluding hydrogens is 452 g/mol. The van der Waals surface area contributed by atoms with E-state index in [1.165, 1.54) is 66.6 Å². The fourth-order valence-corrected chi connectivity index (χ4v) is 6.07. The van der Waals surface area contributed by atoms with E-state index >= 15 is 0 Å². The Morgan fingerprint density at radius 3 is 1.95 bits per heavy atom. The zero-order valence-electron chi connectivity index (χ0n) is 22.2. The summed E-state index contributed by atoms with van der Waals surface area (Å²) in [6.45, 7) is 6.75. The molecule has 0 saturated carbocycles. The third-order valence-corrected chi connectivity index (χ3v) is 8.32. The van der Waals surface area contributed by atoms with Gasteiger partial charge in [-0.05, 0) is 97.8 Å². The first kappa shape index (κ1) is 25.7. The number of nitrogens with zero attached hydrogens (tertiary/aromatic N) is 3. The number of hydrogen-bond donors (Lipinski definition) is 1. The zero-order chi connectivity index (χ0) is 25.3. The molecule has 2 N–H and O–H groups in total. The second-order valence-corrected chi connectivity index (χ2v) is 10.9. The number of fused-ring (bicyclic) bond motifs is 1. The summed E-state index contributed by atoms with van der Waals surface area (Å²) in [6.07, 6.45) is 8.23. The predicted octanol–water partition coefficient (Wildman–Crippen LogP) is 6.03. The highest BCUT2D eigenvalue weighted by molar-refractivity contribution is 6.00. The van der Waals surface area contributed by atoms with E-state index in [1.807, 2.05) is 0 Å². The van der Waals surface area contributed by atoms with Crippen molar-refractivity contribution in [3.05, 3.63) is 107 Å². The summed E-state index contributed by atoms with van der Waals surface area (Å²) < 4.78 is 0. The molecule has 2 aliphatic heterocycles. The molecule has 4 nitrogen and oxygen atoms in total. The molecule has 0 radical (unpaired) electrons. The molecule has 0 atom stereocenters. The van der Waals surface area contributed by atoms with Gasteiger partial charge in [0.05, 0.1) is 5.71 Å². The van der Waals surface area contributed by atoms with E-state index in [-0.39, 0.29) is 0 Å². The SMILES string of the molecule is NN=C(CCCC1CCN(Cc2ccccc2)CC1)c1ccc2c(c1)CCN(Cc1ccccc1)CC2. The second-order valence-electron chi connectivity index (χ2n) is 10.9. The molecule has 3 aromatic rings. The maximum Gasteiger partial charge on any atom is 0.0672 e. The molecule has 0 aliphatic carbocycles. The fraction of sp³-hybridized carbons (Fsp3) is 0.424. The Bertz CT molecular complexity index is 1130. The standard InChI is InChI=1S/C33H42N4/c34-35-33(13-7-12-27-16-20-36(21-17-27)25-28-8-3-1-4-9-28)32-15-14-30-18-22-37(23-19-31(30)24-32)26-29-10-5-2-6-11-29/h1-6,8-11,14-15,24,27H,7,12-13,16-23,25-26,34H2. The van der Waals surface area contributed by atoms with Gasteiger partial charge in [-0.2, -0.15) is 5.10 Å². The average molecular weight is 495 g/mol. The molecule has 2 heterocycles. The minimum atomic E-state index is 0.827. The van der Waals surface area contributed by atoms with Gasteiger partial charge in [-0.25, -0.2) is 0 Å². The van der Waals surface area contributed by atoms with E-state index in [4.69, 9.17) is 5.84 Å². The van der Waals surface area contributed by atoms with Crippen LogP contribution in [0.5, 0.6) is 0 Å². The third-order valence-electron chi connectivity index (χ3n) is 8.32. The van der Waals surface area contributed by atoms with Gasteiger partial charge in [0.2, 0.25) is 0 Å². The van der Waals surface area contributed by atoms with Crippen LogP contribution >= 0.6 is 0 Å². The Hall–Kier alpha value is -2.95. The van der Waals surface area contributed by atoms with Crippen LogP contribution in [0.2, 0.25) is 0 Å². The first-order valence-electron chi connectivity index (χ1n) is 14.2. The maximum absolute atomic E-state index is 5.90. The van der Waals surface area contributed by atoms with Gasteiger partial charge >= 0.3 is 0 Å². The van der Waals surface area contributed by atoms with Gasteiger partial charge in [0.15, 0.2) is 0 Å². The van der Waals surface area contributed by atoms with Crippen molar-refractivity contribution in [1.82, 2.24) is 9.80 Å². The molecule has 0 bridgehead atoms. The number of nitrogens with two attached hydrogens (primary N) is 1. The summed E-state index contributed by atoms with van der Waals surface area (Å²) in [6, 6.07) is 28.6. The van der Waals surface area contributed by atoms with Gasteiger partial charge < -0.3 is 5.84 Å². The van der Waals surface area contributed by atoms with E-state index in [1.54, 1.807) is 0 Å². The summed E-state index contributed by atoms with van der Waals surface area (Å²) in [7, 11) is 0. The average Bonchev–Trinajstić information content (AvgIpc) is 3.15. The van der Waals surface area contributed by atoms with Crippen LogP contribution < -0.4 is 5.84 Å². The Morgan fingerprint density at radius 1 is 0.730 bits per heavy atom. The third kappa shape index (κ3) is 7.30. The lowest BCUT2D eigenvalue weighted by Gasteiger charge is -2.32. The number of hydrogen-bond acceptors (Lipinski definition) is 4. The Labute approximate surface area is 223 Å². The number of hydrazone groups is 1. The predicted molar refractivity (Wildman–Crippen MR) is 155 cm³/mol. The number of rotatable bonds is 9. The van der Waals surface area contributed by atoms with E-state index in [9.17, 15) is 0 Å². The highest BCUT2D eigenvalue weighted by Gasteiger charge is 2.20. The van der Waals surface area contributed by atoms with Gasteiger partial charge in [-0.15, -0.1) is 0 Å². The first-order valence-corrected chi connectivity index (χ1v) is 14.2. The monoisotopic (exact) mass is 494 g/mol. The lowest BCUT2D eigenvalue weighted by Crippen LogP contribution is -2.33. The minimum Gasteiger partial charge on any atom is -0.323 e. The molecule has 194 valence electrons. The van der Waals surface area contributed by atoms with Gasteiger partial charge in [-0.3, -0.25) is 9.80 Å². The van der Waals surface area contributed by atoms with E-state index in [0.717, 1.165) is 57.1 Å². The Kier molecular flexibility index (Phi) is 9.04. The quantitative estimate of drug-likeness (QED) is 0.224. The van der Waals surface area contributed by atoms with Crippen LogP contribution in [0.25, 0.3) is 0 Å². The molecule has 2 aliphatic rings. The summed E-state index contributed by atoms with van der Waals surface area (Å²) >= 11 is 0. The van der Waals surface area contributed by atoms with Crippen LogP contribution in [-0.2, 0) is 25.9 Å². The van der Waals surface area contributed by atoms with E-state index in [2.05, 4.69) is 93.8 Å². The molecule has 0 spiro atoms. The van der Waals surface area contributed by atoms with Crippen LogP contribution in [0.3, 0.4) is 0 Å². The van der Waals surface area contributed by atoms with Crippen molar-refractivity contribution < 1.29 is 0 Å². The molecule has 4 heteroatoms. The molecule has 0 aromatic heterocycles. The van der Waals surface area contributed by atoms with Crippen molar-refractivity contribution in [2.45, 2.75) is 58.0 Å². The summed E-state index contributed by atoms with van der Waals surface area (Å²) in [5.74, 6) is 6.73. The van der Waals surface area contributed by atoms with Crippen molar-refractivity contribution in [2.75, 3.05) is 26.2 Å². The second kappa shape index (κ2) is 13.0. The number of piperidine rings is 1. The smallest absolute Gasteiger partial charge is 0.0672 e. The first-order chi connectivity index (χ1) is 18.3. The summed E-state index contributed by atoms with van der Waals surface area (Å²) in [5, 5.41) is 4.24. The van der Waals surface area contributed by atoms with E-state index < -0.39 is 0 Å². The topological polar surface area (TPSA) is 44.9 Å². The molecule has 3 aromatic carbocycles. The van der Waals surface area contributed by atoms with Gasteiger partial charge in [0.25, 0.3) is 0 Å². The van der Waals surface area contributed by atoms with Crippen molar-refractivity contribution in [2.24, 2.45) is 16.9 Å². The van der Waals surface area contributed by atoms with Crippen molar-refractivity contribution in [3.8, 4) is 0 Å². The van der Waals surface area contributed by atoms with Crippen LogP contribution in [-0.4, -0.2) is 41.7 Å². The Morgan fingerprint density at radius 2 is 1.32 bits per heavy atom. The van der Waals surface area contributed by atoms with Gasteiger partial charge in [0, 0.05) is 26.2 Å². The molecule has 0 amide bonds. The molecular formula is C33H42N4. The fourth-order valence-electron chi connectivity index (χ4n) is 6.07. The lowest BCUT2D eigenvalue weighted by atomic mass is 9.90. The van der Waals surface area contributed by atoms with Gasteiger partial charge in [-0.1, -0.05) is 72.8 Å². The maximum atomic E-state index is 5.90. The molecule has 1 fully saturated rings. The van der Waals surface area contributed by atoms with Crippen LogP contribution in [0.1, 0.15) is 59.9 Å². The number of benzene rings is 3. The number of likely N-dealkylation sites (tertiary alicyclic amines) is 1. The van der Waals surface area contributed by atoms with E-state index in [0.29, 0.717) is 0 Å². The Balaban J connectivity index is 1.08. The molecule has 0 unspecified atom stereocenters. The van der Waals surface area contributed by atoms with Crippen LogP contribution in [0.4, 0.5) is 0 Å².